The molecule has 2 aromatic rings. The Bertz CT molecular complexity index is 964. The second-order valence-electron chi connectivity index (χ2n) is 8.67. The van der Waals surface area contributed by atoms with Gasteiger partial charge in [0.15, 0.2) is 0 Å². The molecule has 0 spiro atoms. The summed E-state index contributed by atoms with van der Waals surface area (Å²) in [5, 5.41) is 2.47. The molecule has 2 aromatic carbocycles. The van der Waals surface area contributed by atoms with Gasteiger partial charge in [0.2, 0.25) is 15.9 Å². The van der Waals surface area contributed by atoms with Gasteiger partial charge in [0, 0.05) is 37.4 Å². The summed E-state index contributed by atoms with van der Waals surface area (Å²) in [5.41, 5.74) is 4.33. The fraction of sp³-hybridized carbons (Fsp3) is 0.480. The lowest BCUT2D eigenvalue weighted by Crippen LogP contribution is -2.31. The number of benzene rings is 2. The summed E-state index contributed by atoms with van der Waals surface area (Å²) in [7, 11) is -3.24. The molecule has 1 fully saturated rings. The highest BCUT2D eigenvalue weighted by molar-refractivity contribution is 7.90. The number of amides is 1. The number of sulfonamides is 1. The second kappa shape index (κ2) is 11.5. The monoisotopic (exact) mass is 457 g/mol. The number of nitrogens with zero attached hydrogens (tertiary/aromatic N) is 1. The van der Waals surface area contributed by atoms with Gasteiger partial charge in [-0.3, -0.25) is 4.79 Å². The first kappa shape index (κ1) is 24.3. The molecule has 0 aromatic heterocycles. The molecule has 174 valence electrons. The van der Waals surface area contributed by atoms with E-state index < -0.39 is 15.3 Å². The Morgan fingerprint density at radius 2 is 1.50 bits per heavy atom. The van der Waals surface area contributed by atoms with Crippen molar-refractivity contribution in [1.82, 2.24) is 4.72 Å². The van der Waals surface area contributed by atoms with Crippen LogP contribution in [0.25, 0.3) is 11.1 Å². The summed E-state index contributed by atoms with van der Waals surface area (Å²) in [6.07, 6.45) is 5.50. The standard InChI is InChI=1S/C25H35N3O3S/c1-20(2)32(30,31)26-17-5-4-8-25(29)27-23-13-9-21(10-14-23)22-11-15-24(16-12-22)28-18-6-3-7-19-28/h9-16,20,26H,3-8,17-19H2,1-2H3,(H,27,29). The Hall–Kier alpha value is -2.38. The van der Waals surface area contributed by atoms with Gasteiger partial charge >= 0.3 is 0 Å². The Kier molecular flexibility index (Phi) is 8.70. The van der Waals surface area contributed by atoms with Crippen LogP contribution in [0.15, 0.2) is 48.5 Å². The first-order valence-corrected chi connectivity index (χ1v) is 13.1. The van der Waals surface area contributed by atoms with E-state index >= 15 is 0 Å². The SMILES string of the molecule is CC(C)S(=O)(=O)NCCCCC(=O)Nc1ccc(-c2ccc(N3CCCCC3)cc2)cc1. The minimum absolute atomic E-state index is 0.0599. The van der Waals surface area contributed by atoms with Crippen LogP contribution in [-0.2, 0) is 14.8 Å². The lowest BCUT2D eigenvalue weighted by molar-refractivity contribution is -0.116. The number of carbonyl (C=O) groups is 1. The maximum absolute atomic E-state index is 12.2. The molecule has 3 rings (SSSR count). The van der Waals surface area contributed by atoms with Gasteiger partial charge in [-0.1, -0.05) is 24.3 Å². The van der Waals surface area contributed by atoms with Crippen molar-refractivity contribution in [3.63, 3.8) is 0 Å². The molecule has 7 heteroatoms. The molecule has 1 heterocycles. The Morgan fingerprint density at radius 1 is 0.906 bits per heavy atom. The van der Waals surface area contributed by atoms with Gasteiger partial charge in [-0.05, 0) is 81.3 Å². The maximum Gasteiger partial charge on any atom is 0.224 e. The van der Waals surface area contributed by atoms with E-state index in [1.807, 2.05) is 24.3 Å². The fourth-order valence-corrected chi connectivity index (χ4v) is 4.54. The highest BCUT2D eigenvalue weighted by Crippen LogP contribution is 2.26. The van der Waals surface area contributed by atoms with Crippen LogP contribution in [0, 0.1) is 0 Å². The van der Waals surface area contributed by atoms with Crippen molar-refractivity contribution < 1.29 is 13.2 Å². The van der Waals surface area contributed by atoms with Gasteiger partial charge in [0.1, 0.15) is 0 Å². The fourth-order valence-electron chi connectivity index (χ4n) is 3.78. The summed E-state index contributed by atoms with van der Waals surface area (Å²) in [6.45, 7) is 5.93. The number of unbranched alkanes of at least 4 members (excludes halogenated alkanes) is 1. The number of rotatable bonds is 10. The first-order valence-electron chi connectivity index (χ1n) is 11.6. The summed E-state index contributed by atoms with van der Waals surface area (Å²) in [6, 6.07) is 16.6. The molecule has 0 saturated carbocycles. The van der Waals surface area contributed by atoms with Crippen molar-refractivity contribution in [3.8, 4) is 11.1 Å². The third-order valence-corrected chi connectivity index (χ3v) is 7.69. The number of hydrogen-bond donors (Lipinski definition) is 2. The summed E-state index contributed by atoms with van der Waals surface area (Å²) in [4.78, 5) is 14.6. The van der Waals surface area contributed by atoms with Crippen LogP contribution < -0.4 is 14.9 Å². The zero-order valence-electron chi connectivity index (χ0n) is 19.1. The van der Waals surface area contributed by atoms with Crippen LogP contribution in [0.3, 0.4) is 0 Å². The van der Waals surface area contributed by atoms with E-state index in [1.165, 1.54) is 24.9 Å². The molecule has 2 N–H and O–H groups in total. The number of carbonyl (C=O) groups excluding carboxylic acids is 1. The van der Waals surface area contributed by atoms with Crippen LogP contribution >= 0.6 is 0 Å². The molecule has 1 aliphatic heterocycles. The number of anilines is 2. The molecule has 0 atom stereocenters. The predicted octanol–water partition coefficient (Wildman–Crippen LogP) is 4.78. The van der Waals surface area contributed by atoms with Crippen LogP contribution in [0.1, 0.15) is 52.4 Å². The topological polar surface area (TPSA) is 78.5 Å². The molecule has 0 unspecified atom stereocenters. The third-order valence-electron chi connectivity index (χ3n) is 5.84. The van der Waals surface area contributed by atoms with Crippen molar-refractivity contribution in [2.45, 2.75) is 57.6 Å². The minimum Gasteiger partial charge on any atom is -0.372 e. The molecule has 0 aliphatic carbocycles. The quantitative estimate of drug-likeness (QED) is 0.503. The van der Waals surface area contributed by atoms with E-state index in [2.05, 4.69) is 39.2 Å². The summed E-state index contributed by atoms with van der Waals surface area (Å²) >= 11 is 0. The van der Waals surface area contributed by atoms with Gasteiger partial charge in [-0.15, -0.1) is 0 Å². The van der Waals surface area contributed by atoms with Gasteiger partial charge < -0.3 is 10.2 Å². The van der Waals surface area contributed by atoms with Crippen molar-refractivity contribution in [2.75, 3.05) is 29.9 Å². The van der Waals surface area contributed by atoms with E-state index in [-0.39, 0.29) is 5.91 Å². The van der Waals surface area contributed by atoms with Crippen LogP contribution in [-0.4, -0.2) is 39.2 Å². The van der Waals surface area contributed by atoms with E-state index in [1.54, 1.807) is 13.8 Å². The summed E-state index contributed by atoms with van der Waals surface area (Å²) < 4.78 is 26.0. The average molecular weight is 458 g/mol. The molecular formula is C25H35N3O3S. The van der Waals surface area contributed by atoms with Crippen LogP contribution in [0.4, 0.5) is 11.4 Å². The normalized spacial score (nSPS) is 14.5. The second-order valence-corrected chi connectivity index (χ2v) is 11.0. The summed E-state index contributed by atoms with van der Waals surface area (Å²) in [5.74, 6) is -0.0599. The lowest BCUT2D eigenvalue weighted by Gasteiger charge is -2.28. The highest BCUT2D eigenvalue weighted by Gasteiger charge is 2.14. The number of hydrogen-bond acceptors (Lipinski definition) is 4. The van der Waals surface area contributed by atoms with E-state index in [0.717, 1.165) is 29.9 Å². The van der Waals surface area contributed by atoms with Crippen LogP contribution in [0.2, 0.25) is 0 Å². The average Bonchev–Trinajstić information content (AvgIpc) is 2.80. The van der Waals surface area contributed by atoms with E-state index in [9.17, 15) is 13.2 Å². The van der Waals surface area contributed by atoms with Gasteiger partial charge in [-0.25, -0.2) is 13.1 Å². The van der Waals surface area contributed by atoms with Gasteiger partial charge in [-0.2, -0.15) is 0 Å². The zero-order valence-corrected chi connectivity index (χ0v) is 20.0. The molecule has 1 amide bonds. The van der Waals surface area contributed by atoms with Crippen molar-refractivity contribution in [1.29, 1.82) is 0 Å². The minimum atomic E-state index is -3.24. The van der Waals surface area contributed by atoms with Crippen molar-refractivity contribution >= 4 is 27.3 Å². The highest BCUT2D eigenvalue weighted by atomic mass is 32.2. The molecular weight excluding hydrogens is 422 g/mol. The zero-order chi connectivity index (χ0) is 23.0. The van der Waals surface area contributed by atoms with Crippen molar-refractivity contribution in [3.05, 3.63) is 48.5 Å². The van der Waals surface area contributed by atoms with Gasteiger partial charge in [0.25, 0.3) is 0 Å². The smallest absolute Gasteiger partial charge is 0.224 e. The predicted molar refractivity (Wildman–Crippen MR) is 132 cm³/mol. The molecule has 0 bridgehead atoms. The van der Waals surface area contributed by atoms with Gasteiger partial charge in [0.05, 0.1) is 5.25 Å². The van der Waals surface area contributed by atoms with Crippen molar-refractivity contribution in [2.24, 2.45) is 0 Å². The first-order chi connectivity index (χ1) is 15.3. The van der Waals surface area contributed by atoms with Crippen LogP contribution in [0.5, 0.6) is 0 Å². The number of nitrogens with one attached hydrogen (secondary N) is 2. The third kappa shape index (κ3) is 7.07. The largest absolute Gasteiger partial charge is 0.372 e. The molecule has 32 heavy (non-hydrogen) atoms. The lowest BCUT2D eigenvalue weighted by atomic mass is 10.0. The van der Waals surface area contributed by atoms with E-state index in [0.29, 0.717) is 25.8 Å². The van der Waals surface area contributed by atoms with E-state index in [4.69, 9.17) is 0 Å². The Morgan fingerprint density at radius 3 is 2.09 bits per heavy atom. The molecule has 1 aliphatic rings. The molecule has 1 saturated heterocycles. The Labute approximate surface area is 192 Å². The molecule has 0 radical (unpaired) electrons. The number of piperidine rings is 1. The Balaban J connectivity index is 1.43. The molecule has 6 nitrogen and oxygen atoms in total. The maximum atomic E-state index is 12.2.